The summed E-state index contributed by atoms with van der Waals surface area (Å²) in [5.74, 6) is 0.0862. The zero-order chi connectivity index (χ0) is 11.4. The predicted octanol–water partition coefficient (Wildman–Crippen LogP) is 1.48. The zero-order valence-electron chi connectivity index (χ0n) is 9.70. The first-order valence-corrected chi connectivity index (χ1v) is 5.96. The smallest absolute Gasteiger partial charge is 0.259 e. The van der Waals surface area contributed by atoms with E-state index in [2.05, 4.69) is 17.7 Å². The third-order valence-electron chi connectivity index (χ3n) is 3.19. The second-order valence-corrected chi connectivity index (χ2v) is 4.39. The van der Waals surface area contributed by atoms with Crippen LogP contribution in [-0.2, 0) is 4.79 Å². The van der Waals surface area contributed by atoms with E-state index >= 15 is 0 Å². The highest BCUT2D eigenvalue weighted by Gasteiger charge is 2.39. The molecular formula is C12H19N3O. The topological polar surface area (TPSA) is 46.1 Å². The van der Waals surface area contributed by atoms with Crippen LogP contribution in [0.15, 0.2) is 24.5 Å². The van der Waals surface area contributed by atoms with Gasteiger partial charge >= 0.3 is 0 Å². The third-order valence-corrected chi connectivity index (χ3v) is 3.19. The SMILES string of the molecule is CCCC1(C(=O)Nn2cccc2)CCCN1. The van der Waals surface area contributed by atoms with Crippen LogP contribution in [0.5, 0.6) is 0 Å². The van der Waals surface area contributed by atoms with Crippen LogP contribution in [0.1, 0.15) is 32.6 Å². The second kappa shape index (κ2) is 4.70. The van der Waals surface area contributed by atoms with Crippen molar-refractivity contribution in [3.8, 4) is 0 Å². The fourth-order valence-electron chi connectivity index (χ4n) is 2.39. The average molecular weight is 221 g/mol. The van der Waals surface area contributed by atoms with Crippen LogP contribution < -0.4 is 10.7 Å². The van der Waals surface area contributed by atoms with Gasteiger partial charge in [-0.15, -0.1) is 0 Å². The van der Waals surface area contributed by atoms with Crippen molar-refractivity contribution in [2.75, 3.05) is 12.0 Å². The largest absolute Gasteiger partial charge is 0.303 e. The Bertz CT molecular complexity index is 339. The van der Waals surface area contributed by atoms with Crippen LogP contribution >= 0.6 is 0 Å². The molecule has 0 aromatic carbocycles. The molecule has 0 aliphatic carbocycles. The van der Waals surface area contributed by atoms with Crippen LogP contribution in [-0.4, -0.2) is 22.7 Å². The molecule has 4 heteroatoms. The minimum atomic E-state index is -0.348. The lowest BCUT2D eigenvalue weighted by atomic mass is 9.91. The van der Waals surface area contributed by atoms with Crippen molar-refractivity contribution in [2.24, 2.45) is 0 Å². The molecule has 2 rings (SSSR count). The fourth-order valence-corrected chi connectivity index (χ4v) is 2.39. The molecule has 4 nitrogen and oxygen atoms in total. The Morgan fingerprint density at radius 3 is 2.81 bits per heavy atom. The summed E-state index contributed by atoms with van der Waals surface area (Å²) in [6.07, 6.45) is 7.62. The molecule has 16 heavy (non-hydrogen) atoms. The molecule has 1 atom stereocenters. The molecular weight excluding hydrogens is 202 g/mol. The summed E-state index contributed by atoms with van der Waals surface area (Å²) < 4.78 is 1.71. The summed E-state index contributed by atoms with van der Waals surface area (Å²) in [6.45, 7) is 3.06. The highest BCUT2D eigenvalue weighted by Crippen LogP contribution is 2.25. The number of aromatic nitrogens is 1. The lowest BCUT2D eigenvalue weighted by Gasteiger charge is -2.27. The highest BCUT2D eigenvalue weighted by molar-refractivity contribution is 5.93. The Kier molecular flexibility index (Phi) is 3.29. The van der Waals surface area contributed by atoms with Gasteiger partial charge < -0.3 is 5.32 Å². The molecule has 1 aliphatic heterocycles. The van der Waals surface area contributed by atoms with E-state index in [-0.39, 0.29) is 11.4 Å². The molecule has 0 radical (unpaired) electrons. The summed E-state index contributed by atoms with van der Waals surface area (Å²) in [5, 5.41) is 3.36. The molecule has 1 fully saturated rings. The summed E-state index contributed by atoms with van der Waals surface area (Å²) in [5.41, 5.74) is 2.56. The Labute approximate surface area is 96.0 Å². The van der Waals surface area contributed by atoms with Gasteiger partial charge in [0.2, 0.25) is 0 Å². The quantitative estimate of drug-likeness (QED) is 0.809. The van der Waals surface area contributed by atoms with E-state index in [1.165, 1.54) is 0 Å². The van der Waals surface area contributed by atoms with Crippen molar-refractivity contribution in [1.82, 2.24) is 9.99 Å². The van der Waals surface area contributed by atoms with Crippen LogP contribution in [0, 0.1) is 0 Å². The van der Waals surface area contributed by atoms with E-state index in [0.29, 0.717) is 0 Å². The molecule has 88 valence electrons. The van der Waals surface area contributed by atoms with Gasteiger partial charge in [-0.1, -0.05) is 13.3 Å². The first-order valence-electron chi connectivity index (χ1n) is 5.96. The number of amides is 1. The van der Waals surface area contributed by atoms with Gasteiger partial charge in [0, 0.05) is 12.4 Å². The van der Waals surface area contributed by atoms with E-state index in [0.717, 1.165) is 32.2 Å². The molecule has 1 amide bonds. The van der Waals surface area contributed by atoms with E-state index < -0.39 is 0 Å². The molecule has 1 aromatic heterocycles. The predicted molar refractivity (Wildman–Crippen MR) is 63.7 cm³/mol. The highest BCUT2D eigenvalue weighted by atomic mass is 16.2. The molecule has 0 spiro atoms. The van der Waals surface area contributed by atoms with Gasteiger partial charge in [0.1, 0.15) is 0 Å². The van der Waals surface area contributed by atoms with Crippen LogP contribution in [0.3, 0.4) is 0 Å². The van der Waals surface area contributed by atoms with Gasteiger partial charge in [0.05, 0.1) is 5.54 Å². The van der Waals surface area contributed by atoms with Crippen molar-refractivity contribution < 1.29 is 4.79 Å². The van der Waals surface area contributed by atoms with Gasteiger partial charge in [0.25, 0.3) is 5.91 Å². The molecule has 1 saturated heterocycles. The zero-order valence-corrected chi connectivity index (χ0v) is 9.70. The first kappa shape index (κ1) is 11.2. The van der Waals surface area contributed by atoms with Gasteiger partial charge in [-0.25, -0.2) is 0 Å². The van der Waals surface area contributed by atoms with Crippen LogP contribution in [0.2, 0.25) is 0 Å². The number of nitrogens with one attached hydrogen (secondary N) is 2. The fraction of sp³-hybridized carbons (Fsp3) is 0.583. The Morgan fingerprint density at radius 2 is 2.25 bits per heavy atom. The maximum absolute atomic E-state index is 12.2. The van der Waals surface area contributed by atoms with Gasteiger partial charge in [0.15, 0.2) is 0 Å². The normalized spacial score (nSPS) is 24.6. The van der Waals surface area contributed by atoms with Crippen LogP contribution in [0.4, 0.5) is 0 Å². The second-order valence-electron chi connectivity index (χ2n) is 4.39. The van der Waals surface area contributed by atoms with Crippen molar-refractivity contribution in [3.63, 3.8) is 0 Å². The number of carbonyl (C=O) groups excluding carboxylic acids is 1. The Hall–Kier alpha value is -1.29. The minimum Gasteiger partial charge on any atom is -0.303 e. The maximum Gasteiger partial charge on any atom is 0.259 e. The van der Waals surface area contributed by atoms with Gasteiger partial charge in [-0.3, -0.25) is 14.9 Å². The monoisotopic (exact) mass is 221 g/mol. The molecule has 2 N–H and O–H groups in total. The lowest BCUT2D eigenvalue weighted by Crippen LogP contribution is -2.52. The van der Waals surface area contributed by atoms with Gasteiger partial charge in [-0.05, 0) is 37.9 Å². The van der Waals surface area contributed by atoms with Crippen LogP contribution in [0.25, 0.3) is 0 Å². The van der Waals surface area contributed by atoms with E-state index in [1.54, 1.807) is 4.68 Å². The first-order chi connectivity index (χ1) is 7.77. The van der Waals surface area contributed by atoms with Crippen molar-refractivity contribution in [1.29, 1.82) is 0 Å². The summed E-state index contributed by atoms with van der Waals surface area (Å²) >= 11 is 0. The number of hydrogen-bond acceptors (Lipinski definition) is 2. The molecule has 1 aromatic rings. The van der Waals surface area contributed by atoms with E-state index in [4.69, 9.17) is 0 Å². The number of carbonyl (C=O) groups is 1. The third kappa shape index (κ3) is 2.11. The van der Waals surface area contributed by atoms with Gasteiger partial charge in [-0.2, -0.15) is 0 Å². The standard InChI is InChI=1S/C12H19N3O/c1-2-6-12(7-5-8-13-12)11(16)14-15-9-3-4-10-15/h3-4,9-10,13H,2,5-8H2,1H3,(H,14,16). The molecule has 0 bridgehead atoms. The molecule has 1 aliphatic rings. The summed E-state index contributed by atoms with van der Waals surface area (Å²) in [4.78, 5) is 12.2. The molecule has 2 heterocycles. The number of hydrogen-bond donors (Lipinski definition) is 2. The summed E-state index contributed by atoms with van der Waals surface area (Å²) in [7, 11) is 0. The lowest BCUT2D eigenvalue weighted by molar-refractivity contribution is -0.123. The van der Waals surface area contributed by atoms with Crippen molar-refractivity contribution >= 4 is 5.91 Å². The molecule has 0 saturated carbocycles. The minimum absolute atomic E-state index is 0.0862. The average Bonchev–Trinajstić information content (AvgIpc) is 2.89. The Morgan fingerprint density at radius 1 is 1.50 bits per heavy atom. The number of rotatable bonds is 4. The summed E-state index contributed by atoms with van der Waals surface area (Å²) in [6, 6.07) is 3.80. The maximum atomic E-state index is 12.2. The molecule has 1 unspecified atom stereocenters. The Balaban J connectivity index is 2.05. The van der Waals surface area contributed by atoms with Crippen molar-refractivity contribution in [2.45, 2.75) is 38.1 Å². The van der Waals surface area contributed by atoms with Crippen molar-refractivity contribution in [3.05, 3.63) is 24.5 Å². The van der Waals surface area contributed by atoms with E-state index in [1.807, 2.05) is 24.5 Å². The number of nitrogens with zero attached hydrogens (tertiary/aromatic N) is 1. The van der Waals surface area contributed by atoms with E-state index in [9.17, 15) is 4.79 Å².